The Labute approximate surface area is 163 Å². The Hall–Kier alpha value is -2.94. The number of alkyl halides is 3. The van der Waals surface area contributed by atoms with Crippen LogP contribution in [0.3, 0.4) is 0 Å². The number of carbonyl (C=O) groups is 1. The molecule has 0 aliphatic heterocycles. The number of nitrogens with zero attached hydrogens (tertiary/aromatic N) is 4. The minimum Gasteiger partial charge on any atom is -0.338 e. The number of nitrogens with one attached hydrogen (secondary N) is 1. The van der Waals surface area contributed by atoms with Gasteiger partial charge in [-0.25, -0.2) is 4.68 Å². The molecule has 1 aromatic heterocycles. The van der Waals surface area contributed by atoms with Gasteiger partial charge in [-0.1, -0.05) is 23.7 Å². The van der Waals surface area contributed by atoms with Crippen molar-refractivity contribution in [2.75, 3.05) is 0 Å². The molecule has 0 atom stereocenters. The second kappa shape index (κ2) is 7.23. The van der Waals surface area contributed by atoms with Crippen molar-refractivity contribution in [2.24, 2.45) is 0 Å². The van der Waals surface area contributed by atoms with Gasteiger partial charge in [-0.3, -0.25) is 4.79 Å². The lowest BCUT2D eigenvalue weighted by molar-refractivity contribution is -0.182. The van der Waals surface area contributed by atoms with E-state index in [2.05, 4.69) is 15.5 Å². The molecule has 0 saturated heterocycles. The zero-order chi connectivity index (χ0) is 20.5. The van der Waals surface area contributed by atoms with Crippen molar-refractivity contribution in [1.29, 1.82) is 0 Å². The van der Waals surface area contributed by atoms with E-state index < -0.39 is 17.6 Å². The standard InChI is InChI=1S/C18H15ClF3N5O/c1-17(2,18(20,21)22)24-16(28)13-7-12(11-3-5-14(19)6-4-11)8-15(9-13)27-10-23-25-26-27/h3-10H,1-2H3,(H,24,28). The van der Waals surface area contributed by atoms with E-state index >= 15 is 0 Å². The molecule has 28 heavy (non-hydrogen) atoms. The summed E-state index contributed by atoms with van der Waals surface area (Å²) in [6.45, 7) is 1.80. The van der Waals surface area contributed by atoms with Crippen LogP contribution in [0.15, 0.2) is 48.8 Å². The summed E-state index contributed by atoms with van der Waals surface area (Å²) in [6.07, 6.45) is -3.28. The van der Waals surface area contributed by atoms with Crippen LogP contribution in [0.4, 0.5) is 13.2 Å². The predicted octanol–water partition coefficient (Wildman–Crippen LogP) is 4.05. The Morgan fingerprint density at radius 1 is 1.07 bits per heavy atom. The first-order chi connectivity index (χ1) is 13.1. The third-order valence-electron chi connectivity index (χ3n) is 4.11. The fourth-order valence-electron chi connectivity index (χ4n) is 2.39. The van der Waals surface area contributed by atoms with Crippen LogP contribution in [0, 0.1) is 0 Å². The van der Waals surface area contributed by atoms with E-state index in [0.717, 1.165) is 19.4 Å². The maximum atomic E-state index is 13.1. The molecule has 1 amide bonds. The average molecular weight is 410 g/mol. The minimum atomic E-state index is -4.60. The first-order valence-electron chi connectivity index (χ1n) is 8.10. The highest BCUT2D eigenvalue weighted by Gasteiger charge is 2.48. The summed E-state index contributed by atoms with van der Waals surface area (Å²) in [5.41, 5.74) is -0.610. The summed E-state index contributed by atoms with van der Waals surface area (Å²) < 4.78 is 40.7. The molecule has 0 radical (unpaired) electrons. The molecule has 0 aliphatic rings. The van der Waals surface area contributed by atoms with Crippen LogP contribution in [0.2, 0.25) is 5.02 Å². The van der Waals surface area contributed by atoms with Gasteiger partial charge in [0.1, 0.15) is 11.9 Å². The number of benzene rings is 2. The van der Waals surface area contributed by atoms with Gasteiger partial charge in [-0.05, 0) is 65.7 Å². The second-order valence-electron chi connectivity index (χ2n) is 6.61. The van der Waals surface area contributed by atoms with Gasteiger partial charge in [0.2, 0.25) is 0 Å². The van der Waals surface area contributed by atoms with E-state index in [4.69, 9.17) is 11.6 Å². The van der Waals surface area contributed by atoms with E-state index in [-0.39, 0.29) is 5.56 Å². The number of carbonyl (C=O) groups excluding carboxylic acids is 1. The van der Waals surface area contributed by atoms with Crippen molar-refractivity contribution in [2.45, 2.75) is 25.6 Å². The number of amides is 1. The molecule has 10 heteroatoms. The Bertz CT molecular complexity index is 985. The van der Waals surface area contributed by atoms with Crippen LogP contribution >= 0.6 is 11.6 Å². The SMILES string of the molecule is CC(C)(NC(=O)c1cc(-c2ccc(Cl)cc2)cc(-n2cnnn2)c1)C(F)(F)F. The van der Waals surface area contributed by atoms with Gasteiger partial charge < -0.3 is 5.32 Å². The molecule has 1 heterocycles. The highest BCUT2D eigenvalue weighted by atomic mass is 35.5. The van der Waals surface area contributed by atoms with E-state index in [1.807, 2.05) is 5.32 Å². The van der Waals surface area contributed by atoms with Crippen molar-refractivity contribution in [1.82, 2.24) is 25.5 Å². The fraction of sp³-hybridized carbons (Fsp3) is 0.222. The number of tetrazole rings is 1. The van der Waals surface area contributed by atoms with Crippen LogP contribution in [0.5, 0.6) is 0 Å². The Kier molecular flexibility index (Phi) is 5.12. The van der Waals surface area contributed by atoms with E-state index in [0.29, 0.717) is 16.3 Å². The Balaban J connectivity index is 2.05. The van der Waals surface area contributed by atoms with E-state index in [1.165, 1.54) is 23.1 Å². The highest BCUT2D eigenvalue weighted by molar-refractivity contribution is 6.30. The molecule has 3 rings (SSSR count). The van der Waals surface area contributed by atoms with Gasteiger partial charge in [0.25, 0.3) is 5.91 Å². The van der Waals surface area contributed by atoms with Gasteiger partial charge in [0.15, 0.2) is 0 Å². The predicted molar refractivity (Wildman–Crippen MR) is 97.2 cm³/mol. The summed E-state index contributed by atoms with van der Waals surface area (Å²) in [7, 11) is 0. The molecule has 146 valence electrons. The molecule has 1 N–H and O–H groups in total. The maximum absolute atomic E-state index is 13.1. The fourth-order valence-corrected chi connectivity index (χ4v) is 2.52. The Morgan fingerprint density at radius 3 is 2.32 bits per heavy atom. The highest BCUT2D eigenvalue weighted by Crippen LogP contribution is 2.30. The van der Waals surface area contributed by atoms with Gasteiger partial charge in [-0.2, -0.15) is 13.2 Å². The average Bonchev–Trinajstić information content (AvgIpc) is 3.15. The smallest absolute Gasteiger partial charge is 0.338 e. The monoisotopic (exact) mass is 409 g/mol. The van der Waals surface area contributed by atoms with E-state index in [1.54, 1.807) is 30.3 Å². The number of rotatable bonds is 4. The van der Waals surface area contributed by atoms with Crippen molar-refractivity contribution in [3.05, 3.63) is 59.4 Å². The molecule has 6 nitrogen and oxygen atoms in total. The lowest BCUT2D eigenvalue weighted by Gasteiger charge is -2.29. The first-order valence-corrected chi connectivity index (χ1v) is 8.48. The number of hydrogen-bond acceptors (Lipinski definition) is 4. The molecule has 0 bridgehead atoms. The van der Waals surface area contributed by atoms with Gasteiger partial charge in [0.05, 0.1) is 5.69 Å². The second-order valence-corrected chi connectivity index (χ2v) is 7.04. The van der Waals surface area contributed by atoms with Crippen LogP contribution in [0.1, 0.15) is 24.2 Å². The molecule has 3 aromatic rings. The van der Waals surface area contributed by atoms with Gasteiger partial charge in [0, 0.05) is 10.6 Å². The topological polar surface area (TPSA) is 72.7 Å². The molecule has 0 unspecified atom stereocenters. The number of aromatic nitrogens is 4. The van der Waals surface area contributed by atoms with Crippen molar-refractivity contribution >= 4 is 17.5 Å². The van der Waals surface area contributed by atoms with E-state index in [9.17, 15) is 18.0 Å². The lowest BCUT2D eigenvalue weighted by atomic mass is 10.00. The number of halogens is 4. The molecule has 0 saturated carbocycles. The summed E-state index contributed by atoms with van der Waals surface area (Å²) >= 11 is 5.91. The third-order valence-corrected chi connectivity index (χ3v) is 4.36. The quantitative estimate of drug-likeness (QED) is 0.705. The molecular weight excluding hydrogens is 395 g/mol. The van der Waals surface area contributed by atoms with Crippen LogP contribution < -0.4 is 5.32 Å². The summed E-state index contributed by atoms with van der Waals surface area (Å²) in [6, 6.07) is 11.5. The minimum absolute atomic E-state index is 0.0373. The summed E-state index contributed by atoms with van der Waals surface area (Å²) in [4.78, 5) is 12.6. The Morgan fingerprint density at radius 2 is 1.75 bits per heavy atom. The molecule has 2 aromatic carbocycles. The molecule has 0 fully saturated rings. The zero-order valence-electron chi connectivity index (χ0n) is 14.8. The van der Waals surface area contributed by atoms with Crippen LogP contribution in [0.25, 0.3) is 16.8 Å². The summed E-state index contributed by atoms with van der Waals surface area (Å²) in [5.74, 6) is -0.868. The number of hydrogen-bond donors (Lipinski definition) is 1. The zero-order valence-corrected chi connectivity index (χ0v) is 15.6. The van der Waals surface area contributed by atoms with Crippen molar-refractivity contribution in [3.8, 4) is 16.8 Å². The maximum Gasteiger partial charge on any atom is 0.410 e. The van der Waals surface area contributed by atoms with Gasteiger partial charge in [-0.15, -0.1) is 5.10 Å². The first kappa shape index (κ1) is 19.8. The molecular formula is C18H15ClF3N5O. The van der Waals surface area contributed by atoms with Crippen molar-refractivity contribution < 1.29 is 18.0 Å². The molecule has 0 aliphatic carbocycles. The van der Waals surface area contributed by atoms with Crippen molar-refractivity contribution in [3.63, 3.8) is 0 Å². The largest absolute Gasteiger partial charge is 0.410 e. The van der Waals surface area contributed by atoms with Gasteiger partial charge >= 0.3 is 6.18 Å². The third kappa shape index (κ3) is 4.14. The van der Waals surface area contributed by atoms with Crippen LogP contribution in [-0.4, -0.2) is 37.8 Å². The molecule has 0 spiro atoms. The summed E-state index contributed by atoms with van der Waals surface area (Å²) in [5, 5.41) is 13.4. The normalized spacial score (nSPS) is 12.1. The lowest BCUT2D eigenvalue weighted by Crippen LogP contribution is -2.54. The van der Waals surface area contributed by atoms with Crippen LogP contribution in [-0.2, 0) is 0 Å².